The van der Waals surface area contributed by atoms with Gasteiger partial charge in [0.05, 0.1) is 36.9 Å². The van der Waals surface area contributed by atoms with E-state index in [0.717, 1.165) is 35.8 Å². The van der Waals surface area contributed by atoms with Crippen LogP contribution in [0.2, 0.25) is 0 Å². The molecule has 0 radical (unpaired) electrons. The van der Waals surface area contributed by atoms with Crippen LogP contribution in [-0.4, -0.2) is 64.7 Å². The van der Waals surface area contributed by atoms with Crippen molar-refractivity contribution < 1.29 is 27.9 Å². The highest BCUT2D eigenvalue weighted by molar-refractivity contribution is 5.98. The summed E-state index contributed by atoms with van der Waals surface area (Å²) < 4.78 is 37.7. The second-order valence-electron chi connectivity index (χ2n) is 13.1. The molecule has 2 saturated heterocycles. The highest BCUT2D eigenvalue weighted by Crippen LogP contribution is 2.65. The summed E-state index contributed by atoms with van der Waals surface area (Å²) in [6, 6.07) is 6.35. The van der Waals surface area contributed by atoms with Crippen LogP contribution in [0.25, 0.3) is 11.1 Å². The number of nitrogens with one attached hydrogen (secondary N) is 2. The SMILES string of the molecule is CCOC(=O)C[C@H](NC(=O)[C@@H]1[C@@H]2[C@H](CN1C(=O)c1cnn(C3CNC3)c1)C2(C)C)c1cc(-c2c(C)cccc2C)cc(F)c1F. The van der Waals surface area contributed by atoms with Gasteiger partial charge in [-0.25, -0.2) is 8.78 Å². The molecule has 2 N–H and O–H groups in total. The van der Waals surface area contributed by atoms with Crippen LogP contribution in [0.15, 0.2) is 42.7 Å². The lowest BCUT2D eigenvalue weighted by Gasteiger charge is -2.31. The maximum Gasteiger partial charge on any atom is 0.308 e. The van der Waals surface area contributed by atoms with Crippen molar-refractivity contribution in [2.75, 3.05) is 26.2 Å². The van der Waals surface area contributed by atoms with E-state index in [9.17, 15) is 14.4 Å². The number of fused-ring (bicyclic) bond motifs is 1. The van der Waals surface area contributed by atoms with Crippen molar-refractivity contribution in [3.63, 3.8) is 0 Å². The Labute approximate surface area is 261 Å². The summed E-state index contributed by atoms with van der Waals surface area (Å²) in [5.74, 6) is -3.76. The minimum absolute atomic E-state index is 0.0895. The molecule has 2 amide bonds. The number of aryl methyl sites for hydroxylation is 2. The van der Waals surface area contributed by atoms with Crippen molar-refractivity contribution in [2.45, 2.75) is 59.2 Å². The maximum atomic E-state index is 15.6. The van der Waals surface area contributed by atoms with Crippen LogP contribution < -0.4 is 10.6 Å². The summed E-state index contributed by atoms with van der Waals surface area (Å²) in [5.41, 5.74) is 2.96. The standard InChI is InChI=1S/C34H39F2N5O4/c1-6-45-27(42)12-26(23-10-20(11-25(35)30(23)36)28-18(2)8-7-9-19(28)3)39-32(43)31-29-24(34(29,4)5)17-40(31)33(44)21-13-38-41(16-21)22-14-37-15-22/h7-11,13,16,22,24,26,29,31,37H,6,12,14-15,17H2,1-5H3,(H,39,43)/t24-,26-,29-,31-/m0/s1. The smallest absolute Gasteiger partial charge is 0.308 e. The van der Waals surface area contributed by atoms with E-state index in [0.29, 0.717) is 17.7 Å². The van der Waals surface area contributed by atoms with E-state index in [4.69, 9.17) is 4.74 Å². The van der Waals surface area contributed by atoms with Crippen LogP contribution >= 0.6 is 0 Å². The molecule has 0 spiro atoms. The monoisotopic (exact) mass is 619 g/mol. The molecule has 9 nitrogen and oxygen atoms in total. The lowest BCUT2D eigenvalue weighted by atomic mass is 9.91. The number of hydrogen-bond acceptors (Lipinski definition) is 6. The Kier molecular flexibility index (Phi) is 8.01. The molecule has 3 fully saturated rings. The van der Waals surface area contributed by atoms with E-state index in [1.165, 1.54) is 12.3 Å². The molecule has 1 aromatic heterocycles. The van der Waals surface area contributed by atoms with Gasteiger partial charge in [0.15, 0.2) is 11.6 Å². The number of likely N-dealkylation sites (tertiary alicyclic amines) is 1. The number of piperidine rings is 1. The van der Waals surface area contributed by atoms with Crippen LogP contribution in [0.1, 0.15) is 66.3 Å². The van der Waals surface area contributed by atoms with Crippen LogP contribution in [0, 0.1) is 42.7 Å². The molecular weight excluding hydrogens is 580 g/mol. The van der Waals surface area contributed by atoms with Gasteiger partial charge in [-0.05, 0) is 72.4 Å². The van der Waals surface area contributed by atoms with Crippen molar-refractivity contribution in [2.24, 2.45) is 17.3 Å². The summed E-state index contributed by atoms with van der Waals surface area (Å²) in [4.78, 5) is 42.2. The minimum Gasteiger partial charge on any atom is -0.466 e. The van der Waals surface area contributed by atoms with Gasteiger partial charge in [0, 0.05) is 31.4 Å². The Bertz CT molecular complexity index is 1650. The molecule has 1 aliphatic carbocycles. The topological polar surface area (TPSA) is 106 Å². The molecule has 238 valence electrons. The second kappa shape index (κ2) is 11.7. The van der Waals surface area contributed by atoms with E-state index in [2.05, 4.69) is 29.6 Å². The van der Waals surface area contributed by atoms with E-state index in [-0.39, 0.29) is 41.4 Å². The minimum atomic E-state index is -1.23. The van der Waals surface area contributed by atoms with Crippen LogP contribution in [0.5, 0.6) is 0 Å². The third-order valence-electron chi connectivity index (χ3n) is 9.91. The van der Waals surface area contributed by atoms with E-state index >= 15 is 8.78 Å². The van der Waals surface area contributed by atoms with Crippen molar-refractivity contribution in [1.29, 1.82) is 0 Å². The van der Waals surface area contributed by atoms with Gasteiger partial charge < -0.3 is 20.3 Å². The predicted molar refractivity (Wildman–Crippen MR) is 163 cm³/mol. The number of esters is 1. The van der Waals surface area contributed by atoms with Crippen molar-refractivity contribution >= 4 is 17.8 Å². The van der Waals surface area contributed by atoms with Gasteiger partial charge in [-0.1, -0.05) is 32.0 Å². The Balaban J connectivity index is 1.33. The summed E-state index contributed by atoms with van der Waals surface area (Å²) >= 11 is 0. The molecule has 3 aliphatic rings. The first-order valence-corrected chi connectivity index (χ1v) is 15.5. The van der Waals surface area contributed by atoms with E-state index in [1.54, 1.807) is 22.7 Å². The molecule has 45 heavy (non-hydrogen) atoms. The maximum absolute atomic E-state index is 15.6. The van der Waals surface area contributed by atoms with Crippen LogP contribution in [-0.2, 0) is 14.3 Å². The number of amides is 2. The number of carbonyl (C=O) groups is 3. The number of benzene rings is 2. The average molecular weight is 620 g/mol. The largest absolute Gasteiger partial charge is 0.466 e. The molecule has 2 aliphatic heterocycles. The number of nitrogens with zero attached hydrogens (tertiary/aromatic N) is 3. The summed E-state index contributed by atoms with van der Waals surface area (Å²) in [6.45, 7) is 11.5. The molecule has 11 heteroatoms. The Morgan fingerprint density at radius 1 is 1.16 bits per heavy atom. The van der Waals surface area contributed by atoms with Crippen molar-refractivity contribution in [1.82, 2.24) is 25.3 Å². The number of rotatable bonds is 9. The van der Waals surface area contributed by atoms with Gasteiger partial charge in [-0.3, -0.25) is 19.1 Å². The third kappa shape index (κ3) is 5.51. The van der Waals surface area contributed by atoms with Crippen LogP contribution in [0.4, 0.5) is 8.78 Å². The molecule has 2 aromatic carbocycles. The zero-order valence-corrected chi connectivity index (χ0v) is 26.2. The lowest BCUT2D eigenvalue weighted by Crippen LogP contribution is -2.50. The molecule has 6 rings (SSSR count). The Hall–Kier alpha value is -4.12. The fourth-order valence-corrected chi connectivity index (χ4v) is 7.23. The molecule has 0 bridgehead atoms. The van der Waals surface area contributed by atoms with Gasteiger partial charge >= 0.3 is 5.97 Å². The number of halogens is 2. The van der Waals surface area contributed by atoms with Gasteiger partial charge in [-0.15, -0.1) is 0 Å². The zero-order valence-electron chi connectivity index (χ0n) is 26.2. The first-order chi connectivity index (χ1) is 21.4. The highest BCUT2D eigenvalue weighted by atomic mass is 19.2. The van der Waals surface area contributed by atoms with Crippen molar-refractivity contribution in [3.8, 4) is 11.1 Å². The zero-order chi connectivity index (χ0) is 32.2. The van der Waals surface area contributed by atoms with E-state index in [1.807, 2.05) is 32.0 Å². The number of ether oxygens (including phenoxy) is 1. The fourth-order valence-electron chi connectivity index (χ4n) is 7.23. The van der Waals surface area contributed by atoms with Crippen molar-refractivity contribution in [3.05, 3.63) is 76.6 Å². The molecular formula is C34H39F2N5O4. The first kappa shape index (κ1) is 30.9. The fraction of sp³-hybridized carbons (Fsp3) is 0.471. The highest BCUT2D eigenvalue weighted by Gasteiger charge is 2.69. The number of hydrogen-bond donors (Lipinski definition) is 2. The number of carbonyl (C=O) groups excluding carboxylic acids is 3. The quantitative estimate of drug-likeness (QED) is 0.342. The Morgan fingerprint density at radius 2 is 1.87 bits per heavy atom. The average Bonchev–Trinajstić information content (AvgIpc) is 3.34. The first-order valence-electron chi connectivity index (χ1n) is 15.5. The molecule has 1 saturated carbocycles. The molecule has 0 unspecified atom stereocenters. The lowest BCUT2D eigenvalue weighted by molar-refractivity contribution is -0.144. The normalized spacial score (nSPS) is 22.4. The summed E-state index contributed by atoms with van der Waals surface area (Å²) in [5, 5.41) is 10.4. The molecule has 4 atom stereocenters. The second-order valence-corrected chi connectivity index (χ2v) is 13.1. The van der Waals surface area contributed by atoms with E-state index < -0.39 is 42.0 Å². The molecule has 3 heterocycles. The van der Waals surface area contributed by atoms with Gasteiger partial charge in [0.2, 0.25) is 5.91 Å². The van der Waals surface area contributed by atoms with Gasteiger partial charge in [-0.2, -0.15) is 5.10 Å². The van der Waals surface area contributed by atoms with Gasteiger partial charge in [0.25, 0.3) is 5.91 Å². The molecule has 3 aromatic rings. The summed E-state index contributed by atoms with van der Waals surface area (Å²) in [6.07, 6.45) is 2.82. The van der Waals surface area contributed by atoms with Crippen LogP contribution in [0.3, 0.4) is 0 Å². The number of aromatic nitrogens is 2. The van der Waals surface area contributed by atoms with Gasteiger partial charge in [0.1, 0.15) is 6.04 Å². The Morgan fingerprint density at radius 3 is 2.51 bits per heavy atom. The third-order valence-corrected chi connectivity index (χ3v) is 9.91. The predicted octanol–water partition coefficient (Wildman–Crippen LogP) is 4.50. The summed E-state index contributed by atoms with van der Waals surface area (Å²) in [7, 11) is 0.